The summed E-state index contributed by atoms with van der Waals surface area (Å²) in [6.07, 6.45) is 1.04. The Morgan fingerprint density at radius 2 is 1.60 bits per heavy atom. The number of nitrogens with zero attached hydrogens (tertiary/aromatic N) is 2. The molecule has 0 aliphatic carbocycles. The highest BCUT2D eigenvalue weighted by molar-refractivity contribution is 7.92. The van der Waals surface area contributed by atoms with Gasteiger partial charge in [-0.15, -0.1) is 0 Å². The minimum Gasteiger partial charge on any atom is -0.495 e. The zero-order valence-corrected chi connectivity index (χ0v) is 26.8. The molecule has 226 valence electrons. The van der Waals surface area contributed by atoms with Gasteiger partial charge < -0.3 is 15.0 Å². The molecule has 0 bridgehead atoms. The summed E-state index contributed by atoms with van der Waals surface area (Å²) in [5.74, 6) is -0.509. The molecule has 11 heteroatoms. The molecule has 3 aromatic rings. The number of aryl methyl sites for hydroxylation is 1. The molecule has 0 aromatic heterocycles. The van der Waals surface area contributed by atoms with Gasteiger partial charge in [-0.05, 0) is 74.7 Å². The third-order valence-electron chi connectivity index (χ3n) is 6.96. The zero-order valence-electron chi connectivity index (χ0n) is 24.4. The minimum absolute atomic E-state index is 0.0126. The van der Waals surface area contributed by atoms with Crippen molar-refractivity contribution >= 4 is 50.7 Å². The van der Waals surface area contributed by atoms with Gasteiger partial charge in [0, 0.05) is 17.6 Å². The number of hydrogen-bond donors (Lipinski definition) is 1. The van der Waals surface area contributed by atoms with E-state index in [1.807, 2.05) is 27.7 Å². The molecular formula is C31H37Cl2N3O5S. The number of rotatable bonds is 13. The molecule has 8 nitrogen and oxygen atoms in total. The molecule has 0 aliphatic heterocycles. The molecule has 0 saturated heterocycles. The minimum atomic E-state index is -4.22. The van der Waals surface area contributed by atoms with Crippen molar-refractivity contribution < 1.29 is 22.7 Å². The van der Waals surface area contributed by atoms with Gasteiger partial charge in [0.2, 0.25) is 11.8 Å². The number of amides is 2. The number of ether oxygens (including phenoxy) is 1. The third-order valence-corrected chi connectivity index (χ3v) is 9.30. The van der Waals surface area contributed by atoms with E-state index < -0.39 is 28.5 Å². The van der Waals surface area contributed by atoms with Gasteiger partial charge in [0.1, 0.15) is 18.3 Å². The van der Waals surface area contributed by atoms with E-state index in [4.69, 9.17) is 27.9 Å². The van der Waals surface area contributed by atoms with Gasteiger partial charge in [0.05, 0.1) is 22.7 Å². The maximum atomic E-state index is 14.2. The average molecular weight is 635 g/mol. The van der Waals surface area contributed by atoms with Crippen LogP contribution in [0.1, 0.15) is 44.7 Å². The Labute approximate surface area is 258 Å². The van der Waals surface area contributed by atoms with Crippen molar-refractivity contribution in [1.29, 1.82) is 0 Å². The number of methoxy groups -OCH3 is 1. The van der Waals surface area contributed by atoms with Crippen molar-refractivity contribution in [2.75, 3.05) is 18.0 Å². The van der Waals surface area contributed by atoms with Gasteiger partial charge in [0.15, 0.2) is 0 Å². The fourth-order valence-corrected chi connectivity index (χ4v) is 6.11. The van der Waals surface area contributed by atoms with E-state index in [9.17, 15) is 18.0 Å². The molecule has 1 N–H and O–H groups in total. The lowest BCUT2D eigenvalue weighted by Gasteiger charge is -2.33. The van der Waals surface area contributed by atoms with Crippen molar-refractivity contribution in [1.82, 2.24) is 10.2 Å². The second-order valence-corrected chi connectivity index (χ2v) is 12.7. The van der Waals surface area contributed by atoms with E-state index in [0.29, 0.717) is 23.6 Å². The number of carbonyl (C=O) groups excluding carboxylic acids is 2. The molecule has 0 aliphatic rings. The van der Waals surface area contributed by atoms with Crippen LogP contribution in [0.3, 0.4) is 0 Å². The molecule has 2 atom stereocenters. The predicted molar refractivity (Wildman–Crippen MR) is 168 cm³/mol. The lowest BCUT2D eigenvalue weighted by atomic mass is 10.1. The first-order valence-electron chi connectivity index (χ1n) is 13.7. The number of sulfonamides is 1. The molecule has 3 aromatic carbocycles. The second-order valence-electron chi connectivity index (χ2n) is 10.0. The number of carbonyl (C=O) groups is 2. The van der Waals surface area contributed by atoms with E-state index in [1.165, 1.54) is 36.3 Å². The summed E-state index contributed by atoms with van der Waals surface area (Å²) < 4.78 is 34.3. The third kappa shape index (κ3) is 8.18. The Morgan fingerprint density at radius 1 is 0.952 bits per heavy atom. The molecule has 42 heavy (non-hydrogen) atoms. The summed E-state index contributed by atoms with van der Waals surface area (Å²) in [5, 5.41) is 3.68. The Morgan fingerprint density at radius 3 is 2.14 bits per heavy atom. The Bertz CT molecular complexity index is 1480. The number of hydrogen-bond acceptors (Lipinski definition) is 5. The summed E-state index contributed by atoms with van der Waals surface area (Å²) in [4.78, 5) is 29.0. The highest BCUT2D eigenvalue weighted by atomic mass is 35.5. The lowest BCUT2D eigenvalue weighted by Crippen LogP contribution is -2.53. The van der Waals surface area contributed by atoms with Gasteiger partial charge in [-0.3, -0.25) is 13.9 Å². The van der Waals surface area contributed by atoms with E-state index in [2.05, 4.69) is 5.32 Å². The molecule has 3 rings (SSSR count). The van der Waals surface area contributed by atoms with Crippen LogP contribution in [0.2, 0.25) is 10.0 Å². The molecule has 0 spiro atoms. The molecule has 0 saturated carbocycles. The maximum absolute atomic E-state index is 14.2. The van der Waals surface area contributed by atoms with Gasteiger partial charge in [-0.2, -0.15) is 0 Å². The monoisotopic (exact) mass is 633 g/mol. The fourth-order valence-electron chi connectivity index (χ4n) is 4.32. The number of halogens is 2. The van der Waals surface area contributed by atoms with Crippen LogP contribution in [-0.4, -0.2) is 50.9 Å². The molecule has 0 radical (unpaired) electrons. The predicted octanol–water partition coefficient (Wildman–Crippen LogP) is 6.23. The van der Waals surface area contributed by atoms with Gasteiger partial charge in [0.25, 0.3) is 10.0 Å². The van der Waals surface area contributed by atoms with Crippen molar-refractivity contribution in [2.24, 2.45) is 0 Å². The van der Waals surface area contributed by atoms with E-state index in [1.54, 1.807) is 42.5 Å². The van der Waals surface area contributed by atoms with Gasteiger partial charge in [-0.1, -0.05) is 66.9 Å². The molecule has 2 amide bonds. The van der Waals surface area contributed by atoms with E-state index in [0.717, 1.165) is 15.4 Å². The smallest absolute Gasteiger partial charge is 0.264 e. The summed E-state index contributed by atoms with van der Waals surface area (Å²) >= 11 is 12.5. The SMILES string of the molecule is CC[C@@H](C)NC(=O)[C@H](CC)N(Cc1ccc(Cl)cc1)C(=O)CN(c1ccc(OC)c(Cl)c1)S(=O)(=O)c1ccc(C)cc1. The average Bonchev–Trinajstić information content (AvgIpc) is 2.96. The molecule has 0 heterocycles. The first-order chi connectivity index (χ1) is 19.9. The number of benzene rings is 3. The van der Waals surface area contributed by atoms with Crippen molar-refractivity contribution in [3.63, 3.8) is 0 Å². The van der Waals surface area contributed by atoms with E-state index >= 15 is 0 Å². The zero-order chi connectivity index (χ0) is 31.0. The van der Waals surface area contributed by atoms with Crippen LogP contribution < -0.4 is 14.4 Å². The number of nitrogens with one attached hydrogen (secondary N) is 1. The van der Waals surface area contributed by atoms with Gasteiger partial charge in [-0.25, -0.2) is 8.42 Å². The Balaban J connectivity index is 2.09. The highest BCUT2D eigenvalue weighted by Crippen LogP contribution is 2.32. The second kappa shape index (κ2) is 14.8. The van der Waals surface area contributed by atoms with Crippen LogP contribution in [0.25, 0.3) is 0 Å². The summed E-state index contributed by atoms with van der Waals surface area (Å²) in [5.41, 5.74) is 1.80. The van der Waals surface area contributed by atoms with Gasteiger partial charge >= 0.3 is 0 Å². The topological polar surface area (TPSA) is 96.0 Å². The largest absolute Gasteiger partial charge is 0.495 e. The quantitative estimate of drug-likeness (QED) is 0.241. The Hall–Kier alpha value is -3.27. The molecule has 0 fully saturated rings. The van der Waals surface area contributed by atoms with Crippen LogP contribution in [-0.2, 0) is 26.2 Å². The normalized spacial score (nSPS) is 12.7. The molecular weight excluding hydrogens is 597 g/mol. The van der Waals surface area contributed by atoms with Crippen LogP contribution in [0.5, 0.6) is 5.75 Å². The van der Waals surface area contributed by atoms with Crippen LogP contribution in [0.4, 0.5) is 5.69 Å². The summed E-state index contributed by atoms with van der Waals surface area (Å²) in [7, 11) is -2.77. The van der Waals surface area contributed by atoms with E-state index in [-0.39, 0.29) is 34.1 Å². The molecule has 0 unspecified atom stereocenters. The van der Waals surface area contributed by atoms with Crippen LogP contribution in [0, 0.1) is 6.92 Å². The van der Waals surface area contributed by atoms with Crippen LogP contribution in [0.15, 0.2) is 71.6 Å². The maximum Gasteiger partial charge on any atom is 0.264 e. The van der Waals surface area contributed by atoms with Crippen molar-refractivity contribution in [2.45, 2.75) is 64.1 Å². The lowest BCUT2D eigenvalue weighted by molar-refractivity contribution is -0.140. The highest BCUT2D eigenvalue weighted by Gasteiger charge is 2.34. The first kappa shape index (κ1) is 33.2. The standard InChI is InChI=1S/C31H37Cl2N3O5S/c1-6-22(4)34-31(38)28(7-2)35(19-23-10-12-24(32)13-11-23)30(37)20-36(25-14-17-29(41-5)27(33)18-25)42(39,40)26-15-8-21(3)9-16-26/h8-18,22,28H,6-7,19-20H2,1-5H3,(H,34,38)/t22-,28+/m1/s1. The Kier molecular flexibility index (Phi) is 11.7. The number of anilines is 1. The summed E-state index contributed by atoms with van der Waals surface area (Å²) in [6.45, 7) is 7.01. The fraction of sp³-hybridized carbons (Fsp3) is 0.355. The summed E-state index contributed by atoms with van der Waals surface area (Å²) in [6, 6.07) is 16.9. The van der Waals surface area contributed by atoms with Crippen molar-refractivity contribution in [3.8, 4) is 5.75 Å². The van der Waals surface area contributed by atoms with Crippen molar-refractivity contribution in [3.05, 3.63) is 87.9 Å². The first-order valence-corrected chi connectivity index (χ1v) is 15.9. The van der Waals surface area contributed by atoms with Crippen LogP contribution >= 0.6 is 23.2 Å².